The van der Waals surface area contributed by atoms with Crippen molar-refractivity contribution in [1.82, 2.24) is 21.3 Å². The molecule has 9 nitrogen and oxygen atoms in total. The van der Waals surface area contributed by atoms with E-state index in [9.17, 15) is 14.4 Å². The predicted molar refractivity (Wildman–Crippen MR) is 171 cm³/mol. The van der Waals surface area contributed by atoms with Crippen LogP contribution in [0.4, 0.5) is 4.79 Å². The lowest BCUT2D eigenvalue weighted by Crippen LogP contribution is -2.41. The molecule has 0 bridgehead atoms. The molecule has 0 radical (unpaired) electrons. The molecule has 1 aromatic carbocycles. The first kappa shape index (κ1) is 32.6. The summed E-state index contributed by atoms with van der Waals surface area (Å²) in [6, 6.07) is 4.01. The Morgan fingerprint density at radius 2 is 1.61 bits per heavy atom. The zero-order valence-corrected chi connectivity index (χ0v) is 28.2. The lowest BCUT2D eigenvalue weighted by Gasteiger charge is -2.32. The van der Waals surface area contributed by atoms with Crippen LogP contribution >= 0.6 is 43.6 Å². The van der Waals surface area contributed by atoms with E-state index in [1.165, 1.54) is 0 Å². The number of urea groups is 1. The van der Waals surface area contributed by atoms with Crippen molar-refractivity contribution in [3.63, 3.8) is 0 Å². The monoisotopic (exact) mass is 714 g/mol. The second kappa shape index (κ2) is 14.0. The van der Waals surface area contributed by atoms with Gasteiger partial charge in [0.1, 0.15) is 0 Å². The highest BCUT2D eigenvalue weighted by Crippen LogP contribution is 2.38. The second-order valence-corrected chi connectivity index (χ2v) is 15.0. The number of amides is 4. The van der Waals surface area contributed by atoms with Crippen LogP contribution in [0.25, 0.3) is 0 Å². The molecule has 226 valence electrons. The summed E-state index contributed by atoms with van der Waals surface area (Å²) in [5, 5.41) is 12.4. The molecule has 3 aliphatic heterocycles. The SMILES string of the molecule is CC1(C)OB(c2c(Br)cc(C(=O)NCCCCCNC(=O)CCCC[C@@H]3SC[C@@H]4NC(=O)N[C@@H]43)cc2Br)OC1(C)C. The number of thioether (sulfide) groups is 1. The van der Waals surface area contributed by atoms with Crippen LogP contribution in [0.3, 0.4) is 0 Å². The van der Waals surface area contributed by atoms with Crippen molar-refractivity contribution in [3.8, 4) is 0 Å². The number of rotatable bonds is 13. The highest BCUT2D eigenvalue weighted by Gasteiger charge is 2.52. The average Bonchev–Trinajstić information content (AvgIpc) is 3.50. The maximum atomic E-state index is 12.7. The molecule has 0 unspecified atom stereocenters. The van der Waals surface area contributed by atoms with Gasteiger partial charge in [-0.3, -0.25) is 9.59 Å². The summed E-state index contributed by atoms with van der Waals surface area (Å²) in [6.45, 7) is 9.25. The van der Waals surface area contributed by atoms with Crippen LogP contribution in [-0.4, -0.2) is 72.3 Å². The molecule has 0 aliphatic carbocycles. The van der Waals surface area contributed by atoms with Crippen molar-refractivity contribution in [2.45, 2.75) is 101 Å². The number of carbonyl (C=O) groups is 3. The smallest absolute Gasteiger partial charge is 0.399 e. The topological polar surface area (TPSA) is 118 Å². The fourth-order valence-corrected chi connectivity index (χ4v) is 8.33. The Labute approximate surface area is 264 Å². The standard InChI is InChI=1S/C28H41BBr2N4O5S/c1-27(2)28(3,4)40-29(39-27)23-18(30)14-17(15-19(23)31)25(37)33-13-9-5-8-12-32-22(36)11-7-6-10-21-24-20(16-41-21)34-26(38)35-24/h14-15,20-21,24H,5-13,16H2,1-4H3,(H,32,36)(H,33,37)(H2,34,35,38)/t20-,21-,24-/m0/s1. The summed E-state index contributed by atoms with van der Waals surface area (Å²) >= 11 is 9.10. The molecule has 3 heterocycles. The third-order valence-electron chi connectivity index (χ3n) is 8.37. The molecule has 0 spiro atoms. The van der Waals surface area contributed by atoms with Crippen molar-refractivity contribution in [1.29, 1.82) is 0 Å². The maximum absolute atomic E-state index is 12.7. The van der Waals surface area contributed by atoms with Gasteiger partial charge in [-0.25, -0.2) is 4.79 Å². The van der Waals surface area contributed by atoms with Crippen molar-refractivity contribution in [2.24, 2.45) is 0 Å². The number of hydrogen-bond acceptors (Lipinski definition) is 6. The third-order valence-corrected chi connectivity index (χ3v) is 11.2. The molecule has 3 atom stereocenters. The molecule has 13 heteroatoms. The minimum atomic E-state index is -0.541. The number of hydrogen-bond donors (Lipinski definition) is 4. The lowest BCUT2D eigenvalue weighted by atomic mass is 9.78. The van der Waals surface area contributed by atoms with Gasteiger partial charge in [-0.05, 0) is 71.9 Å². The normalized spacial score (nSPS) is 24.1. The molecule has 3 aliphatic rings. The van der Waals surface area contributed by atoms with Gasteiger partial charge in [0.2, 0.25) is 5.91 Å². The summed E-state index contributed by atoms with van der Waals surface area (Å²) in [7, 11) is -0.541. The first-order chi connectivity index (χ1) is 19.4. The van der Waals surface area contributed by atoms with Gasteiger partial charge in [0.15, 0.2) is 0 Å². The van der Waals surface area contributed by atoms with E-state index < -0.39 is 18.3 Å². The van der Waals surface area contributed by atoms with Crippen LogP contribution in [0.2, 0.25) is 0 Å². The largest absolute Gasteiger partial charge is 0.497 e. The van der Waals surface area contributed by atoms with Crippen LogP contribution < -0.4 is 26.7 Å². The number of carbonyl (C=O) groups excluding carboxylic acids is 3. The summed E-state index contributed by atoms with van der Waals surface area (Å²) < 4.78 is 13.8. The third kappa shape index (κ3) is 8.22. The molecule has 41 heavy (non-hydrogen) atoms. The van der Waals surface area contributed by atoms with Gasteiger partial charge < -0.3 is 30.6 Å². The Morgan fingerprint density at radius 3 is 2.27 bits per heavy atom. The highest BCUT2D eigenvalue weighted by molar-refractivity contribution is 9.11. The first-order valence-electron chi connectivity index (χ1n) is 14.5. The number of unbranched alkanes of at least 4 members (excludes halogenated alkanes) is 3. The summed E-state index contributed by atoms with van der Waals surface area (Å²) in [5.74, 6) is 0.911. The van der Waals surface area contributed by atoms with E-state index in [1.54, 1.807) is 12.1 Å². The van der Waals surface area contributed by atoms with Gasteiger partial charge in [-0.15, -0.1) is 0 Å². The molecule has 3 fully saturated rings. The fourth-order valence-electron chi connectivity index (χ4n) is 5.22. The lowest BCUT2D eigenvalue weighted by molar-refractivity contribution is -0.121. The van der Waals surface area contributed by atoms with Crippen LogP contribution in [0.1, 0.15) is 83.0 Å². The van der Waals surface area contributed by atoms with Gasteiger partial charge in [-0.1, -0.05) is 38.3 Å². The van der Waals surface area contributed by atoms with E-state index >= 15 is 0 Å². The molecule has 4 N–H and O–H groups in total. The highest BCUT2D eigenvalue weighted by atomic mass is 79.9. The van der Waals surface area contributed by atoms with E-state index in [0.29, 0.717) is 30.3 Å². The van der Waals surface area contributed by atoms with Crippen molar-refractivity contribution >= 4 is 74.0 Å². The van der Waals surface area contributed by atoms with E-state index in [2.05, 4.69) is 53.1 Å². The molecule has 1 aromatic rings. The molecule has 4 amide bonds. The van der Waals surface area contributed by atoms with E-state index in [1.807, 2.05) is 39.5 Å². The van der Waals surface area contributed by atoms with E-state index in [4.69, 9.17) is 9.31 Å². The number of nitrogens with one attached hydrogen (secondary N) is 4. The van der Waals surface area contributed by atoms with Crippen LogP contribution in [-0.2, 0) is 14.1 Å². The summed E-state index contributed by atoms with van der Waals surface area (Å²) in [4.78, 5) is 36.4. The minimum absolute atomic E-state index is 0.0573. The van der Waals surface area contributed by atoms with Gasteiger partial charge in [-0.2, -0.15) is 11.8 Å². The van der Waals surface area contributed by atoms with Crippen molar-refractivity contribution in [3.05, 3.63) is 26.6 Å². The Balaban J connectivity index is 1.06. The van der Waals surface area contributed by atoms with Gasteiger partial charge in [0, 0.05) is 50.5 Å². The zero-order chi connectivity index (χ0) is 29.8. The zero-order valence-electron chi connectivity index (χ0n) is 24.2. The Morgan fingerprint density at radius 1 is 0.976 bits per heavy atom. The van der Waals surface area contributed by atoms with Crippen molar-refractivity contribution in [2.75, 3.05) is 18.8 Å². The van der Waals surface area contributed by atoms with Gasteiger partial charge >= 0.3 is 13.1 Å². The average molecular weight is 716 g/mol. The number of benzene rings is 1. The Kier molecular flexibility index (Phi) is 11.1. The fraction of sp³-hybridized carbons (Fsp3) is 0.679. The predicted octanol–water partition coefficient (Wildman–Crippen LogP) is 4.25. The molecular weight excluding hydrogens is 675 g/mol. The van der Waals surface area contributed by atoms with Gasteiger partial charge in [0.05, 0.1) is 23.3 Å². The van der Waals surface area contributed by atoms with Crippen LogP contribution in [0, 0.1) is 0 Å². The van der Waals surface area contributed by atoms with Gasteiger partial charge in [0.25, 0.3) is 5.91 Å². The maximum Gasteiger partial charge on any atom is 0.497 e. The summed E-state index contributed by atoms with van der Waals surface area (Å²) in [6.07, 6.45) is 6.01. The van der Waals surface area contributed by atoms with Crippen molar-refractivity contribution < 1.29 is 23.7 Å². The Bertz CT molecular complexity index is 1100. The van der Waals surface area contributed by atoms with Crippen LogP contribution in [0.5, 0.6) is 0 Å². The summed E-state index contributed by atoms with van der Waals surface area (Å²) in [5.41, 5.74) is 0.462. The molecule has 3 saturated heterocycles. The van der Waals surface area contributed by atoms with E-state index in [0.717, 1.165) is 58.7 Å². The second-order valence-electron chi connectivity index (χ2n) is 12.0. The Hall–Kier alpha value is -1.28. The number of fused-ring (bicyclic) bond motifs is 1. The first-order valence-corrected chi connectivity index (χ1v) is 17.1. The molecule has 4 rings (SSSR count). The molecule has 0 aromatic heterocycles. The number of halogens is 2. The molecular formula is C28H41BBr2N4O5S. The van der Waals surface area contributed by atoms with E-state index in [-0.39, 0.29) is 29.9 Å². The minimum Gasteiger partial charge on any atom is -0.399 e. The quantitative estimate of drug-likeness (QED) is 0.138. The van der Waals surface area contributed by atoms with Crippen LogP contribution in [0.15, 0.2) is 21.1 Å². The molecule has 0 saturated carbocycles.